The monoisotopic (exact) mass is 232 g/mol. The van der Waals surface area contributed by atoms with Crippen molar-refractivity contribution in [3.8, 4) is 11.8 Å². The molecule has 1 saturated carbocycles. The van der Waals surface area contributed by atoms with Crippen LogP contribution in [0.1, 0.15) is 37.9 Å². The smallest absolute Gasteiger partial charge is 0.307 e. The number of esters is 1. The first-order chi connectivity index (χ1) is 8.29. The molecule has 0 aromatic carbocycles. The summed E-state index contributed by atoms with van der Waals surface area (Å²) >= 11 is 0. The number of furan rings is 1. The molecule has 1 atom stereocenters. The van der Waals surface area contributed by atoms with Gasteiger partial charge in [0.1, 0.15) is 5.76 Å². The van der Waals surface area contributed by atoms with Gasteiger partial charge in [-0.15, -0.1) is 0 Å². The molecule has 1 unspecified atom stereocenters. The summed E-state index contributed by atoms with van der Waals surface area (Å²) in [5, 5.41) is 0. The van der Waals surface area contributed by atoms with Crippen LogP contribution in [0.3, 0.4) is 0 Å². The van der Waals surface area contributed by atoms with Crippen LogP contribution in [0.25, 0.3) is 0 Å². The molecule has 0 bridgehead atoms. The van der Waals surface area contributed by atoms with Crippen molar-refractivity contribution in [1.82, 2.24) is 0 Å². The fourth-order valence-corrected chi connectivity index (χ4v) is 1.54. The van der Waals surface area contributed by atoms with Crippen molar-refractivity contribution >= 4 is 5.97 Å². The van der Waals surface area contributed by atoms with Crippen molar-refractivity contribution in [2.45, 2.75) is 32.1 Å². The Balaban J connectivity index is 2.02. The molecule has 1 aromatic rings. The third kappa shape index (κ3) is 3.67. The van der Waals surface area contributed by atoms with Crippen LogP contribution in [0.5, 0.6) is 0 Å². The van der Waals surface area contributed by atoms with Crippen molar-refractivity contribution in [3.05, 3.63) is 24.2 Å². The van der Waals surface area contributed by atoms with E-state index in [0.29, 0.717) is 12.5 Å². The van der Waals surface area contributed by atoms with Crippen LogP contribution in [0, 0.1) is 17.8 Å². The summed E-state index contributed by atoms with van der Waals surface area (Å²) in [6.45, 7) is 2.20. The number of carbonyl (C=O) groups excluding carboxylic acids is 1. The lowest BCUT2D eigenvalue weighted by Gasteiger charge is -2.07. The second-order valence-corrected chi connectivity index (χ2v) is 4.14. The highest BCUT2D eigenvalue weighted by molar-refractivity contribution is 5.71. The molecule has 1 fully saturated rings. The molecule has 17 heavy (non-hydrogen) atoms. The minimum absolute atomic E-state index is 0.176. The van der Waals surface area contributed by atoms with Gasteiger partial charge >= 0.3 is 5.97 Å². The average Bonchev–Trinajstić information content (AvgIpc) is 2.97. The average molecular weight is 232 g/mol. The Morgan fingerprint density at radius 1 is 1.65 bits per heavy atom. The highest BCUT2D eigenvalue weighted by atomic mass is 16.5. The zero-order valence-electron chi connectivity index (χ0n) is 9.94. The topological polar surface area (TPSA) is 39.4 Å². The third-order valence-electron chi connectivity index (χ3n) is 2.60. The fraction of sp³-hybridized carbons (Fsp3) is 0.500. The minimum Gasteiger partial charge on any atom is -0.468 e. The summed E-state index contributed by atoms with van der Waals surface area (Å²) in [7, 11) is 0. The molecule has 0 saturated heterocycles. The predicted molar refractivity (Wildman–Crippen MR) is 63.2 cm³/mol. The Morgan fingerprint density at radius 2 is 2.47 bits per heavy atom. The van der Waals surface area contributed by atoms with Gasteiger partial charge in [0.2, 0.25) is 0 Å². The minimum atomic E-state index is -0.223. The lowest BCUT2D eigenvalue weighted by atomic mass is 10.0. The highest BCUT2D eigenvalue weighted by Gasteiger charge is 2.21. The predicted octanol–water partition coefficient (Wildman–Crippen LogP) is 2.73. The molecule has 0 N–H and O–H groups in total. The van der Waals surface area contributed by atoms with Crippen molar-refractivity contribution in [2.24, 2.45) is 5.92 Å². The largest absolute Gasteiger partial charge is 0.468 e. The van der Waals surface area contributed by atoms with Gasteiger partial charge in [-0.25, -0.2) is 0 Å². The normalized spacial score (nSPS) is 15.8. The fourth-order valence-electron chi connectivity index (χ4n) is 1.54. The lowest BCUT2D eigenvalue weighted by molar-refractivity contribution is -0.143. The molecule has 2 rings (SSSR count). The van der Waals surface area contributed by atoms with E-state index in [2.05, 4.69) is 11.8 Å². The van der Waals surface area contributed by atoms with Gasteiger partial charge in [0.25, 0.3) is 0 Å². The molecule has 0 amide bonds. The van der Waals surface area contributed by atoms with Gasteiger partial charge in [-0.2, -0.15) is 0 Å². The van der Waals surface area contributed by atoms with Crippen molar-refractivity contribution < 1.29 is 13.9 Å². The third-order valence-corrected chi connectivity index (χ3v) is 2.60. The van der Waals surface area contributed by atoms with E-state index in [0.717, 1.165) is 5.76 Å². The van der Waals surface area contributed by atoms with E-state index >= 15 is 0 Å². The summed E-state index contributed by atoms with van der Waals surface area (Å²) in [5.74, 6) is 7.17. The van der Waals surface area contributed by atoms with Gasteiger partial charge in [-0.05, 0) is 31.9 Å². The van der Waals surface area contributed by atoms with E-state index in [1.807, 2.05) is 12.1 Å². The van der Waals surface area contributed by atoms with Crippen LogP contribution >= 0.6 is 0 Å². The molecule has 90 valence electrons. The molecule has 0 radical (unpaired) electrons. The SMILES string of the molecule is CCOC(=O)CC(C#CC1CC1)c1ccco1. The van der Waals surface area contributed by atoms with Gasteiger partial charge in [-0.3, -0.25) is 4.79 Å². The Hall–Kier alpha value is -1.69. The molecule has 1 aliphatic carbocycles. The zero-order valence-corrected chi connectivity index (χ0v) is 9.94. The Bertz CT molecular complexity index is 418. The molecule has 1 aromatic heterocycles. The number of rotatable bonds is 4. The lowest BCUT2D eigenvalue weighted by Crippen LogP contribution is -2.09. The maximum Gasteiger partial charge on any atom is 0.307 e. The van der Waals surface area contributed by atoms with Gasteiger partial charge in [0.05, 0.1) is 25.2 Å². The number of carbonyl (C=O) groups is 1. The Labute approximate surface area is 101 Å². The van der Waals surface area contributed by atoms with E-state index < -0.39 is 0 Å². The van der Waals surface area contributed by atoms with Gasteiger partial charge < -0.3 is 9.15 Å². The van der Waals surface area contributed by atoms with Crippen LogP contribution in [0.2, 0.25) is 0 Å². The van der Waals surface area contributed by atoms with E-state index in [9.17, 15) is 4.79 Å². The van der Waals surface area contributed by atoms with E-state index in [1.165, 1.54) is 12.8 Å². The molecule has 0 spiro atoms. The van der Waals surface area contributed by atoms with Crippen LogP contribution < -0.4 is 0 Å². The summed E-state index contributed by atoms with van der Waals surface area (Å²) in [6, 6.07) is 3.66. The molecule has 3 heteroatoms. The van der Waals surface area contributed by atoms with Crippen molar-refractivity contribution in [2.75, 3.05) is 6.61 Å². The van der Waals surface area contributed by atoms with E-state index in [4.69, 9.17) is 9.15 Å². The molecule has 3 nitrogen and oxygen atoms in total. The number of hydrogen-bond acceptors (Lipinski definition) is 3. The molecular formula is C14H16O3. The molecule has 0 aliphatic heterocycles. The van der Waals surface area contributed by atoms with Crippen LogP contribution in [-0.4, -0.2) is 12.6 Å². The first-order valence-corrected chi connectivity index (χ1v) is 5.99. The molecular weight excluding hydrogens is 216 g/mol. The summed E-state index contributed by atoms with van der Waals surface area (Å²) in [4.78, 5) is 11.5. The first kappa shape index (κ1) is 11.8. The maximum absolute atomic E-state index is 11.5. The Kier molecular flexibility index (Phi) is 3.87. The Morgan fingerprint density at radius 3 is 3.06 bits per heavy atom. The van der Waals surface area contributed by atoms with Gasteiger partial charge in [0.15, 0.2) is 0 Å². The summed E-state index contributed by atoms with van der Waals surface area (Å²) < 4.78 is 10.3. The number of ether oxygens (including phenoxy) is 1. The van der Waals surface area contributed by atoms with Gasteiger partial charge in [-0.1, -0.05) is 11.8 Å². The molecule has 1 aliphatic rings. The zero-order chi connectivity index (χ0) is 12.1. The molecule has 1 heterocycles. The second kappa shape index (κ2) is 5.58. The van der Waals surface area contributed by atoms with E-state index in [1.54, 1.807) is 13.2 Å². The van der Waals surface area contributed by atoms with Crippen LogP contribution in [0.4, 0.5) is 0 Å². The first-order valence-electron chi connectivity index (χ1n) is 5.99. The van der Waals surface area contributed by atoms with Crippen molar-refractivity contribution in [1.29, 1.82) is 0 Å². The quantitative estimate of drug-likeness (QED) is 0.592. The maximum atomic E-state index is 11.5. The van der Waals surface area contributed by atoms with Crippen molar-refractivity contribution in [3.63, 3.8) is 0 Å². The van der Waals surface area contributed by atoms with Crippen LogP contribution in [-0.2, 0) is 9.53 Å². The van der Waals surface area contributed by atoms with E-state index in [-0.39, 0.29) is 18.3 Å². The summed E-state index contributed by atoms with van der Waals surface area (Å²) in [6.07, 6.45) is 4.22. The van der Waals surface area contributed by atoms with Gasteiger partial charge in [0, 0.05) is 5.92 Å². The summed E-state index contributed by atoms with van der Waals surface area (Å²) in [5.41, 5.74) is 0. The standard InChI is InChI=1S/C14H16O3/c1-2-16-14(15)10-12(8-7-11-5-6-11)13-4-3-9-17-13/h3-4,9,11-12H,2,5-6,10H2,1H3. The number of hydrogen-bond donors (Lipinski definition) is 0. The second-order valence-electron chi connectivity index (χ2n) is 4.14. The van der Waals surface area contributed by atoms with Crippen LogP contribution in [0.15, 0.2) is 22.8 Å². The highest BCUT2D eigenvalue weighted by Crippen LogP contribution is 2.28.